The summed E-state index contributed by atoms with van der Waals surface area (Å²) in [5.41, 5.74) is 1.73. The van der Waals surface area contributed by atoms with E-state index in [-0.39, 0.29) is 18.9 Å². The summed E-state index contributed by atoms with van der Waals surface area (Å²) in [6, 6.07) is 21.6. The number of para-hydroxylation sites is 1. The molecular weight excluding hydrogens is 559 g/mol. The Morgan fingerprint density at radius 2 is 1.54 bits per heavy atom. The first-order chi connectivity index (χ1) is 18.5. The van der Waals surface area contributed by atoms with Gasteiger partial charge in [0.2, 0.25) is 11.8 Å². The standard InChI is InChI=1S/C28H32Cl2N4O4S/c1-4-31-28(36)26(17-21-11-7-5-8-12-21)33(19-22-15-16-23(29)18-25(22)30)27(35)20-34(39(37,38)32(2)3)24-13-9-6-10-14-24/h5-16,18,26H,4,17,19-20H2,1-3H3,(H,31,36)/t26-/m1/s1. The van der Waals surface area contributed by atoms with E-state index >= 15 is 0 Å². The minimum Gasteiger partial charge on any atom is -0.355 e. The van der Waals surface area contributed by atoms with Gasteiger partial charge in [0.25, 0.3) is 0 Å². The van der Waals surface area contributed by atoms with E-state index < -0.39 is 28.7 Å². The van der Waals surface area contributed by atoms with Crippen LogP contribution in [0.25, 0.3) is 0 Å². The lowest BCUT2D eigenvalue weighted by Crippen LogP contribution is -2.54. The fourth-order valence-electron chi connectivity index (χ4n) is 3.99. The summed E-state index contributed by atoms with van der Waals surface area (Å²) in [5.74, 6) is -0.927. The van der Waals surface area contributed by atoms with E-state index in [1.54, 1.807) is 55.5 Å². The third kappa shape index (κ3) is 7.95. The van der Waals surface area contributed by atoms with Crippen molar-refractivity contribution in [2.45, 2.75) is 25.9 Å². The first-order valence-corrected chi connectivity index (χ1v) is 14.5. The summed E-state index contributed by atoms with van der Waals surface area (Å²) in [6.07, 6.45) is 0.218. The minimum atomic E-state index is -4.05. The molecule has 39 heavy (non-hydrogen) atoms. The van der Waals surface area contributed by atoms with Gasteiger partial charge in [0.15, 0.2) is 0 Å². The topological polar surface area (TPSA) is 90.0 Å². The average Bonchev–Trinajstić information content (AvgIpc) is 2.91. The van der Waals surface area contributed by atoms with Gasteiger partial charge in [0.1, 0.15) is 12.6 Å². The molecule has 0 bridgehead atoms. The normalized spacial score (nSPS) is 12.2. The van der Waals surface area contributed by atoms with Gasteiger partial charge in [-0.3, -0.25) is 9.59 Å². The number of likely N-dealkylation sites (N-methyl/N-ethyl adjacent to an activating group) is 1. The molecule has 0 heterocycles. The second-order valence-electron chi connectivity index (χ2n) is 8.99. The number of carbonyl (C=O) groups excluding carboxylic acids is 2. The van der Waals surface area contributed by atoms with Gasteiger partial charge in [-0.2, -0.15) is 12.7 Å². The van der Waals surface area contributed by atoms with E-state index in [1.165, 1.54) is 19.0 Å². The Balaban J connectivity index is 2.09. The number of anilines is 1. The van der Waals surface area contributed by atoms with Gasteiger partial charge in [-0.05, 0) is 42.3 Å². The molecule has 0 aliphatic carbocycles. The van der Waals surface area contributed by atoms with Gasteiger partial charge in [0.05, 0.1) is 5.69 Å². The average molecular weight is 592 g/mol. The summed E-state index contributed by atoms with van der Waals surface area (Å²) >= 11 is 12.6. The summed E-state index contributed by atoms with van der Waals surface area (Å²) in [5, 5.41) is 3.58. The van der Waals surface area contributed by atoms with Crippen LogP contribution in [0, 0.1) is 0 Å². The second-order valence-corrected chi connectivity index (χ2v) is 11.9. The number of nitrogens with zero attached hydrogens (tertiary/aromatic N) is 3. The Bertz CT molecular complexity index is 1370. The lowest BCUT2D eigenvalue weighted by Gasteiger charge is -2.34. The minimum absolute atomic E-state index is 0.0336. The predicted octanol–water partition coefficient (Wildman–Crippen LogP) is 4.38. The molecule has 3 rings (SSSR count). The van der Waals surface area contributed by atoms with Crippen LogP contribution in [0.5, 0.6) is 0 Å². The molecule has 3 aromatic carbocycles. The lowest BCUT2D eigenvalue weighted by atomic mass is 10.0. The predicted molar refractivity (Wildman–Crippen MR) is 156 cm³/mol. The Morgan fingerprint density at radius 3 is 2.10 bits per heavy atom. The molecule has 1 N–H and O–H groups in total. The molecule has 11 heteroatoms. The number of rotatable bonds is 12. The summed E-state index contributed by atoms with van der Waals surface area (Å²) < 4.78 is 28.7. The zero-order chi connectivity index (χ0) is 28.6. The van der Waals surface area contributed by atoms with Crippen molar-refractivity contribution in [3.63, 3.8) is 0 Å². The molecule has 0 spiro atoms. The fraction of sp³-hybridized carbons (Fsp3) is 0.286. The van der Waals surface area contributed by atoms with Crippen molar-refractivity contribution in [2.24, 2.45) is 0 Å². The van der Waals surface area contributed by atoms with Crippen LogP contribution < -0.4 is 9.62 Å². The first kappa shape index (κ1) is 30.4. The van der Waals surface area contributed by atoms with Gasteiger partial charge in [-0.15, -0.1) is 0 Å². The molecule has 3 aromatic rings. The first-order valence-electron chi connectivity index (χ1n) is 12.3. The molecule has 208 valence electrons. The number of carbonyl (C=O) groups is 2. The summed E-state index contributed by atoms with van der Waals surface area (Å²) in [6.45, 7) is 1.59. The van der Waals surface area contributed by atoms with E-state index in [0.29, 0.717) is 27.8 Å². The molecular formula is C28H32Cl2N4O4S. The van der Waals surface area contributed by atoms with Crippen molar-refractivity contribution < 1.29 is 18.0 Å². The molecule has 0 unspecified atom stereocenters. The van der Waals surface area contributed by atoms with Crippen molar-refractivity contribution >= 4 is 50.9 Å². The maximum Gasteiger partial charge on any atom is 0.304 e. The van der Waals surface area contributed by atoms with Crippen molar-refractivity contribution in [3.8, 4) is 0 Å². The van der Waals surface area contributed by atoms with Crippen LogP contribution in [-0.4, -0.2) is 62.7 Å². The molecule has 8 nitrogen and oxygen atoms in total. The lowest BCUT2D eigenvalue weighted by molar-refractivity contribution is -0.140. The Labute approximate surface area is 240 Å². The molecule has 0 fully saturated rings. The molecule has 0 radical (unpaired) electrons. The van der Waals surface area contributed by atoms with Gasteiger partial charge >= 0.3 is 10.2 Å². The SMILES string of the molecule is CCNC(=O)[C@@H](Cc1ccccc1)N(Cc1ccc(Cl)cc1Cl)C(=O)CN(c1ccccc1)S(=O)(=O)N(C)C. The number of hydrogen-bond donors (Lipinski definition) is 1. The molecule has 0 saturated heterocycles. The van der Waals surface area contributed by atoms with Crippen molar-refractivity contribution in [1.82, 2.24) is 14.5 Å². The monoisotopic (exact) mass is 590 g/mol. The molecule has 0 aromatic heterocycles. The molecule has 0 aliphatic rings. The highest BCUT2D eigenvalue weighted by atomic mass is 35.5. The summed E-state index contributed by atoms with van der Waals surface area (Å²) in [4.78, 5) is 28.8. The zero-order valence-corrected chi connectivity index (χ0v) is 24.4. The van der Waals surface area contributed by atoms with E-state index in [9.17, 15) is 18.0 Å². The molecule has 0 saturated carbocycles. The second kappa shape index (κ2) is 13.8. The van der Waals surface area contributed by atoms with Gasteiger partial charge in [-0.25, -0.2) is 4.31 Å². The fourth-order valence-corrected chi connectivity index (χ4v) is 5.51. The quantitative estimate of drug-likeness (QED) is 0.339. The number of halogens is 2. The van der Waals surface area contributed by atoms with Gasteiger partial charge in [0, 0.05) is 43.7 Å². The van der Waals surface area contributed by atoms with Crippen LogP contribution in [0.4, 0.5) is 5.69 Å². The maximum atomic E-state index is 14.1. The van der Waals surface area contributed by atoms with E-state index in [2.05, 4.69) is 5.32 Å². The third-order valence-electron chi connectivity index (χ3n) is 6.04. The zero-order valence-electron chi connectivity index (χ0n) is 22.1. The van der Waals surface area contributed by atoms with Crippen molar-refractivity contribution in [1.29, 1.82) is 0 Å². The number of amides is 2. The van der Waals surface area contributed by atoms with Crippen LogP contribution >= 0.6 is 23.2 Å². The van der Waals surface area contributed by atoms with Crippen LogP contribution in [0.15, 0.2) is 78.9 Å². The highest BCUT2D eigenvalue weighted by molar-refractivity contribution is 7.90. The highest BCUT2D eigenvalue weighted by Gasteiger charge is 2.34. The smallest absolute Gasteiger partial charge is 0.304 e. The van der Waals surface area contributed by atoms with E-state index in [0.717, 1.165) is 14.2 Å². The summed E-state index contributed by atoms with van der Waals surface area (Å²) in [7, 11) is -1.25. The van der Waals surface area contributed by atoms with Crippen LogP contribution in [-0.2, 0) is 32.8 Å². The van der Waals surface area contributed by atoms with Crippen LogP contribution in [0.1, 0.15) is 18.1 Å². The number of hydrogen-bond acceptors (Lipinski definition) is 4. The Morgan fingerprint density at radius 1 is 0.923 bits per heavy atom. The molecule has 0 aliphatic heterocycles. The van der Waals surface area contributed by atoms with Crippen LogP contribution in [0.3, 0.4) is 0 Å². The number of nitrogens with one attached hydrogen (secondary N) is 1. The third-order valence-corrected chi connectivity index (χ3v) is 8.45. The van der Waals surface area contributed by atoms with Crippen molar-refractivity contribution in [2.75, 3.05) is 31.5 Å². The van der Waals surface area contributed by atoms with E-state index in [4.69, 9.17) is 23.2 Å². The largest absolute Gasteiger partial charge is 0.355 e. The molecule has 1 atom stereocenters. The van der Waals surface area contributed by atoms with Crippen LogP contribution in [0.2, 0.25) is 10.0 Å². The molecule has 2 amide bonds. The Hall–Kier alpha value is -3.11. The van der Waals surface area contributed by atoms with Gasteiger partial charge < -0.3 is 10.2 Å². The number of benzene rings is 3. The maximum absolute atomic E-state index is 14.1. The van der Waals surface area contributed by atoms with Crippen molar-refractivity contribution in [3.05, 3.63) is 100 Å². The highest BCUT2D eigenvalue weighted by Crippen LogP contribution is 2.25. The van der Waals surface area contributed by atoms with Gasteiger partial charge in [-0.1, -0.05) is 77.8 Å². The van der Waals surface area contributed by atoms with E-state index in [1.807, 2.05) is 30.3 Å². The Kier molecular flexibility index (Phi) is 10.8.